The molecule has 2 N–H and O–H groups in total. The first-order chi connectivity index (χ1) is 20.0. The van der Waals surface area contributed by atoms with Crippen LogP contribution in [-0.2, 0) is 11.8 Å². The molecule has 0 unspecified atom stereocenters. The molecule has 0 spiro atoms. The molecule has 42 heavy (non-hydrogen) atoms. The van der Waals surface area contributed by atoms with Gasteiger partial charge in [-0.1, -0.05) is 37.6 Å². The van der Waals surface area contributed by atoms with Crippen LogP contribution in [-0.4, -0.2) is 24.9 Å². The van der Waals surface area contributed by atoms with Gasteiger partial charge in [0.2, 0.25) is 5.91 Å². The van der Waals surface area contributed by atoms with Gasteiger partial charge in [-0.2, -0.15) is 0 Å². The fourth-order valence-corrected chi connectivity index (χ4v) is 5.22. The van der Waals surface area contributed by atoms with Crippen molar-refractivity contribution in [2.75, 3.05) is 10.6 Å². The molecule has 2 aromatic heterocycles. The molecule has 0 atom stereocenters. The van der Waals surface area contributed by atoms with Crippen LogP contribution in [0.1, 0.15) is 50.8 Å². The molecule has 2 heterocycles. The van der Waals surface area contributed by atoms with Crippen LogP contribution < -0.4 is 27.4 Å². The molecule has 5 rings (SSSR count). The first-order valence-corrected chi connectivity index (χ1v) is 14.4. The zero-order valence-electron chi connectivity index (χ0n) is 23.9. The Balaban J connectivity index is 1.77. The summed E-state index contributed by atoms with van der Waals surface area (Å²) in [6.07, 6.45) is 1.32. The summed E-state index contributed by atoms with van der Waals surface area (Å²) in [5.74, 6) is 2.07. The first-order valence-electron chi connectivity index (χ1n) is 13.5. The number of nitrogens with zero attached hydrogens (tertiary/aromatic N) is 3. The van der Waals surface area contributed by atoms with Crippen molar-refractivity contribution in [3.05, 3.63) is 90.6 Å². The predicted octanol–water partition coefficient (Wildman–Crippen LogP) is 4.79. The lowest BCUT2D eigenvalue weighted by Gasteiger charge is -2.21. The summed E-state index contributed by atoms with van der Waals surface area (Å²) < 4.78 is 19.1. The number of hydrogen-bond acceptors (Lipinski definition) is 6. The van der Waals surface area contributed by atoms with Crippen molar-refractivity contribution >= 4 is 45.8 Å². The minimum absolute atomic E-state index is 0.0417. The van der Waals surface area contributed by atoms with Crippen molar-refractivity contribution in [2.24, 2.45) is 7.05 Å². The van der Waals surface area contributed by atoms with Crippen LogP contribution in [0, 0.1) is 23.9 Å². The van der Waals surface area contributed by atoms with Gasteiger partial charge in [0.25, 0.3) is 11.1 Å². The second-order valence-corrected chi connectivity index (χ2v) is 11.9. The largest absolute Gasteiger partial charge is 0.338 e. The Morgan fingerprint density at radius 2 is 1.83 bits per heavy atom. The highest BCUT2D eigenvalue weighted by atomic mass is 32.2. The highest BCUT2D eigenvalue weighted by Crippen LogP contribution is 2.34. The number of carbonyl (C=O) groups is 1. The zero-order chi connectivity index (χ0) is 30.3. The Morgan fingerprint density at radius 3 is 2.48 bits per heavy atom. The number of benzene rings is 2. The third-order valence-corrected chi connectivity index (χ3v) is 7.58. The standard InChI is InChI=1S/C31H30FN5O4S/c1-17(2)42-14-13-20-9-12-25(24(32)15-20)34-28-26-27(18(3)29(39)35(28)5)36(31(41)37(30(26)40)22-10-11-22)23-8-6-7-21(16-23)33-19(4)38/h6-9,12,15-17,22,34H,10-11H2,1-5H3,(H,33,38). The number of rotatable bonds is 6. The fourth-order valence-electron chi connectivity index (χ4n) is 4.81. The first kappa shape index (κ1) is 29.0. The molecule has 11 heteroatoms. The topological polar surface area (TPSA) is 107 Å². The molecule has 0 aliphatic heterocycles. The third-order valence-electron chi connectivity index (χ3n) is 6.89. The second-order valence-electron chi connectivity index (χ2n) is 10.5. The molecule has 1 aliphatic rings. The van der Waals surface area contributed by atoms with Gasteiger partial charge >= 0.3 is 5.69 Å². The van der Waals surface area contributed by atoms with E-state index in [9.17, 15) is 19.2 Å². The van der Waals surface area contributed by atoms with Gasteiger partial charge in [-0.15, -0.1) is 0 Å². The van der Waals surface area contributed by atoms with Crippen molar-refractivity contribution in [3.8, 4) is 16.9 Å². The average molecular weight is 588 g/mol. The van der Waals surface area contributed by atoms with Crippen LogP contribution in [0.25, 0.3) is 16.6 Å². The number of nitrogens with one attached hydrogen (secondary N) is 2. The SMILES string of the molecule is CC(=O)Nc1cccc(-n2c(=O)n(C3CC3)c(=O)c3c(Nc4ccc(C#CSC(C)C)cc4F)n(C)c(=O)c(C)c32)c1. The summed E-state index contributed by atoms with van der Waals surface area (Å²) in [6.45, 7) is 6.95. The van der Waals surface area contributed by atoms with Crippen LogP contribution >= 0.6 is 11.8 Å². The van der Waals surface area contributed by atoms with Crippen LogP contribution in [0.15, 0.2) is 56.8 Å². The highest BCUT2D eigenvalue weighted by molar-refractivity contribution is 8.04. The van der Waals surface area contributed by atoms with Gasteiger partial charge in [0, 0.05) is 42.1 Å². The number of amides is 1. The molecule has 1 saturated carbocycles. The van der Waals surface area contributed by atoms with Crippen LogP contribution in [0.2, 0.25) is 0 Å². The fraction of sp³-hybridized carbons (Fsp3) is 0.290. The monoisotopic (exact) mass is 587 g/mol. The van der Waals surface area contributed by atoms with Gasteiger partial charge in [-0.25, -0.2) is 9.18 Å². The molecule has 1 amide bonds. The number of aryl methyl sites for hydroxylation is 1. The molecular weight excluding hydrogens is 557 g/mol. The van der Waals surface area contributed by atoms with Crippen LogP contribution in [0.3, 0.4) is 0 Å². The van der Waals surface area contributed by atoms with Crippen LogP contribution in [0.5, 0.6) is 0 Å². The van der Waals surface area contributed by atoms with Crippen LogP contribution in [0.4, 0.5) is 21.6 Å². The third kappa shape index (κ3) is 5.50. The van der Waals surface area contributed by atoms with Crippen molar-refractivity contribution in [2.45, 2.75) is 51.8 Å². The van der Waals surface area contributed by atoms with Gasteiger partial charge in [0.15, 0.2) is 0 Å². The molecule has 0 bridgehead atoms. The van der Waals surface area contributed by atoms with E-state index in [0.29, 0.717) is 35.0 Å². The lowest BCUT2D eigenvalue weighted by Crippen LogP contribution is -2.41. The van der Waals surface area contributed by atoms with Gasteiger partial charge in [-0.05, 0) is 61.4 Å². The van der Waals surface area contributed by atoms with Crippen molar-refractivity contribution in [1.29, 1.82) is 0 Å². The lowest BCUT2D eigenvalue weighted by atomic mass is 10.1. The number of thioether (sulfide) groups is 1. The Kier molecular flexibility index (Phi) is 7.84. The normalized spacial score (nSPS) is 12.7. The smallest absolute Gasteiger partial charge is 0.336 e. The molecule has 9 nitrogen and oxygen atoms in total. The number of aromatic nitrogens is 3. The average Bonchev–Trinajstić information content (AvgIpc) is 3.76. The summed E-state index contributed by atoms with van der Waals surface area (Å²) in [5.41, 5.74) is -0.00390. The summed E-state index contributed by atoms with van der Waals surface area (Å²) in [7, 11) is 1.49. The molecule has 4 aromatic rings. The van der Waals surface area contributed by atoms with Crippen molar-refractivity contribution in [1.82, 2.24) is 13.7 Å². The van der Waals surface area contributed by atoms with E-state index in [1.807, 2.05) is 13.8 Å². The summed E-state index contributed by atoms with van der Waals surface area (Å²) in [4.78, 5) is 53.1. The van der Waals surface area contributed by atoms with Crippen molar-refractivity contribution in [3.63, 3.8) is 0 Å². The Hall–Kier alpha value is -4.56. The number of anilines is 3. The summed E-state index contributed by atoms with van der Waals surface area (Å²) in [5, 5.41) is 8.99. The van der Waals surface area contributed by atoms with E-state index >= 15 is 4.39 Å². The molecule has 2 aromatic carbocycles. The number of carbonyl (C=O) groups excluding carboxylic acids is 1. The molecule has 0 radical (unpaired) electrons. The van der Waals surface area contributed by atoms with Gasteiger partial charge in [-0.3, -0.25) is 28.1 Å². The Morgan fingerprint density at radius 1 is 1.10 bits per heavy atom. The lowest BCUT2D eigenvalue weighted by molar-refractivity contribution is -0.114. The van der Waals surface area contributed by atoms with E-state index < -0.39 is 22.6 Å². The molecule has 0 saturated heterocycles. The molecule has 1 aliphatic carbocycles. The van der Waals surface area contributed by atoms with Gasteiger partial charge in [0.05, 0.1) is 16.9 Å². The van der Waals surface area contributed by atoms with E-state index in [0.717, 1.165) is 0 Å². The van der Waals surface area contributed by atoms with E-state index in [1.54, 1.807) is 37.3 Å². The number of halogens is 1. The minimum Gasteiger partial charge on any atom is -0.338 e. The maximum atomic E-state index is 15.3. The summed E-state index contributed by atoms with van der Waals surface area (Å²) in [6, 6.07) is 10.8. The zero-order valence-corrected chi connectivity index (χ0v) is 24.7. The summed E-state index contributed by atoms with van der Waals surface area (Å²) >= 11 is 1.44. The van der Waals surface area contributed by atoms with E-state index in [1.165, 1.54) is 51.6 Å². The van der Waals surface area contributed by atoms with E-state index in [-0.39, 0.29) is 39.9 Å². The number of pyridine rings is 1. The quantitative estimate of drug-likeness (QED) is 0.315. The van der Waals surface area contributed by atoms with E-state index in [2.05, 4.69) is 21.8 Å². The molecule has 216 valence electrons. The Bertz CT molecular complexity index is 1990. The second kappa shape index (κ2) is 11.4. The highest BCUT2D eigenvalue weighted by Gasteiger charge is 2.31. The predicted molar refractivity (Wildman–Crippen MR) is 166 cm³/mol. The molecular formula is C31H30FN5O4S. The number of hydrogen-bond donors (Lipinski definition) is 2. The van der Waals surface area contributed by atoms with Gasteiger partial charge in [0.1, 0.15) is 17.0 Å². The minimum atomic E-state index is -0.614. The van der Waals surface area contributed by atoms with Crippen molar-refractivity contribution < 1.29 is 9.18 Å². The van der Waals surface area contributed by atoms with E-state index in [4.69, 9.17) is 0 Å². The maximum absolute atomic E-state index is 15.3. The van der Waals surface area contributed by atoms with Gasteiger partial charge < -0.3 is 10.6 Å². The Labute approximate surface area is 245 Å². The molecule has 1 fully saturated rings. The maximum Gasteiger partial charge on any atom is 0.336 e. The number of fused-ring (bicyclic) bond motifs is 1.